The van der Waals surface area contributed by atoms with Crippen molar-refractivity contribution >= 4 is 28.8 Å². The van der Waals surface area contributed by atoms with E-state index in [1.807, 2.05) is 36.4 Å². The van der Waals surface area contributed by atoms with Crippen LogP contribution < -0.4 is 5.32 Å². The van der Waals surface area contributed by atoms with Crippen LogP contribution in [0.5, 0.6) is 0 Å². The van der Waals surface area contributed by atoms with Crippen molar-refractivity contribution < 1.29 is 9.18 Å². The molecule has 5 nitrogen and oxygen atoms in total. The molecule has 0 atom stereocenters. The topological polar surface area (TPSA) is 59.8 Å². The van der Waals surface area contributed by atoms with Crippen LogP contribution in [0.2, 0.25) is 0 Å². The number of fused-ring (bicyclic) bond motifs is 1. The number of carbonyl (C=O) groups excluding carboxylic acids is 1. The highest BCUT2D eigenvalue weighted by Crippen LogP contribution is 2.27. The molecule has 1 amide bonds. The van der Waals surface area contributed by atoms with E-state index in [0.717, 1.165) is 40.3 Å². The number of carbonyl (C=O) groups is 1. The summed E-state index contributed by atoms with van der Waals surface area (Å²) in [6.07, 6.45) is 3.79. The number of aromatic nitrogens is 3. The number of benzene rings is 2. The Bertz CT molecular complexity index is 1190. The number of nitrogens with zero attached hydrogens (tertiary/aromatic N) is 3. The Hall–Kier alpha value is -3.19. The second kappa shape index (κ2) is 10.4. The largest absolute Gasteiger partial charge is 0.352 e. The van der Waals surface area contributed by atoms with E-state index >= 15 is 0 Å². The van der Waals surface area contributed by atoms with Gasteiger partial charge in [0.25, 0.3) is 5.91 Å². The first-order valence-corrected chi connectivity index (χ1v) is 11.7. The molecule has 0 spiro atoms. The molecule has 4 rings (SSSR count). The first-order valence-electron chi connectivity index (χ1n) is 10.7. The first kappa shape index (κ1) is 22.0. The average Bonchev–Trinajstić information content (AvgIpc) is 3.16. The van der Waals surface area contributed by atoms with Gasteiger partial charge in [0.1, 0.15) is 11.3 Å². The van der Waals surface area contributed by atoms with Crippen molar-refractivity contribution in [3.8, 4) is 0 Å². The van der Waals surface area contributed by atoms with E-state index < -0.39 is 0 Å². The number of nitrogens with one attached hydrogen (secondary N) is 1. The lowest BCUT2D eigenvalue weighted by Gasteiger charge is -2.10. The summed E-state index contributed by atoms with van der Waals surface area (Å²) in [4.78, 5) is 21.5. The van der Waals surface area contributed by atoms with Crippen molar-refractivity contribution in [3.05, 3.63) is 89.4 Å². The van der Waals surface area contributed by atoms with E-state index in [0.29, 0.717) is 24.4 Å². The standard InChI is InChI=1S/C25H25FN4OS/c1-2-3-14-28-24(31)20-10-6-18(7-11-20)16-30-23-22(5-4-15-27-23)29-25(30)32-17-19-8-12-21(26)13-9-19/h4-13,15H,2-3,14,16-17H2,1H3,(H,28,31). The van der Waals surface area contributed by atoms with Crippen LogP contribution >= 0.6 is 11.8 Å². The fourth-order valence-corrected chi connectivity index (χ4v) is 4.30. The lowest BCUT2D eigenvalue weighted by atomic mass is 10.1. The zero-order valence-electron chi connectivity index (χ0n) is 17.9. The average molecular weight is 449 g/mol. The van der Waals surface area contributed by atoms with Crippen LogP contribution in [-0.4, -0.2) is 27.0 Å². The minimum absolute atomic E-state index is 0.0460. The highest BCUT2D eigenvalue weighted by atomic mass is 32.2. The van der Waals surface area contributed by atoms with E-state index in [1.165, 1.54) is 12.1 Å². The van der Waals surface area contributed by atoms with Crippen LogP contribution in [-0.2, 0) is 12.3 Å². The maximum absolute atomic E-state index is 13.2. The van der Waals surface area contributed by atoms with Crippen LogP contribution in [0.3, 0.4) is 0 Å². The van der Waals surface area contributed by atoms with Crippen LogP contribution in [0.25, 0.3) is 11.2 Å². The van der Waals surface area contributed by atoms with Crippen LogP contribution in [0.15, 0.2) is 72.0 Å². The monoisotopic (exact) mass is 448 g/mol. The maximum Gasteiger partial charge on any atom is 0.251 e. The summed E-state index contributed by atoms with van der Waals surface area (Å²) in [5.41, 5.74) is 4.39. The molecule has 0 radical (unpaired) electrons. The molecule has 0 saturated heterocycles. The summed E-state index contributed by atoms with van der Waals surface area (Å²) in [7, 11) is 0. The quantitative estimate of drug-likeness (QED) is 0.274. The minimum atomic E-state index is -0.238. The third kappa shape index (κ3) is 5.34. The van der Waals surface area contributed by atoms with Gasteiger partial charge in [0.2, 0.25) is 0 Å². The second-order valence-corrected chi connectivity index (χ2v) is 8.49. The van der Waals surface area contributed by atoms with Crippen molar-refractivity contribution in [1.29, 1.82) is 0 Å². The van der Waals surface area contributed by atoms with Gasteiger partial charge in [-0.3, -0.25) is 9.36 Å². The van der Waals surface area contributed by atoms with E-state index in [2.05, 4.69) is 21.8 Å². The van der Waals surface area contributed by atoms with Gasteiger partial charge in [-0.05, 0) is 53.9 Å². The zero-order valence-corrected chi connectivity index (χ0v) is 18.7. The summed E-state index contributed by atoms with van der Waals surface area (Å²) in [6.45, 7) is 3.39. The second-order valence-electron chi connectivity index (χ2n) is 7.55. The summed E-state index contributed by atoms with van der Waals surface area (Å²) in [5.74, 6) is 0.397. The normalized spacial score (nSPS) is 11.1. The van der Waals surface area contributed by atoms with E-state index in [9.17, 15) is 9.18 Å². The van der Waals surface area contributed by atoms with Gasteiger partial charge in [-0.1, -0.05) is 49.4 Å². The van der Waals surface area contributed by atoms with Crippen molar-refractivity contribution in [2.24, 2.45) is 0 Å². The number of halogens is 1. The molecule has 7 heteroatoms. The Labute approximate surface area is 191 Å². The van der Waals surface area contributed by atoms with Crippen molar-refractivity contribution in [3.63, 3.8) is 0 Å². The number of thioether (sulfide) groups is 1. The third-order valence-corrected chi connectivity index (χ3v) is 6.17. The molecular weight excluding hydrogens is 423 g/mol. The molecule has 1 N–H and O–H groups in total. The van der Waals surface area contributed by atoms with E-state index in [4.69, 9.17) is 4.98 Å². The van der Waals surface area contributed by atoms with Gasteiger partial charge in [0, 0.05) is 24.1 Å². The van der Waals surface area contributed by atoms with Crippen LogP contribution in [0.4, 0.5) is 4.39 Å². The Morgan fingerprint density at radius 1 is 1.06 bits per heavy atom. The number of pyridine rings is 1. The lowest BCUT2D eigenvalue weighted by Crippen LogP contribution is -2.24. The molecule has 0 aliphatic carbocycles. The molecule has 2 heterocycles. The lowest BCUT2D eigenvalue weighted by molar-refractivity contribution is 0.0953. The summed E-state index contributed by atoms with van der Waals surface area (Å²) in [6, 6.07) is 18.0. The van der Waals surface area contributed by atoms with E-state index in [1.54, 1.807) is 30.1 Å². The Kier molecular flexibility index (Phi) is 7.17. The predicted molar refractivity (Wildman–Crippen MR) is 126 cm³/mol. The number of hydrogen-bond acceptors (Lipinski definition) is 4. The molecule has 164 valence electrons. The molecule has 2 aromatic carbocycles. The molecule has 0 aliphatic heterocycles. The van der Waals surface area contributed by atoms with Gasteiger partial charge in [0.05, 0.1) is 6.54 Å². The predicted octanol–water partition coefficient (Wildman–Crippen LogP) is 5.44. The van der Waals surface area contributed by atoms with Gasteiger partial charge < -0.3 is 5.32 Å². The molecule has 2 aromatic heterocycles. The maximum atomic E-state index is 13.2. The Morgan fingerprint density at radius 3 is 2.56 bits per heavy atom. The molecule has 0 fully saturated rings. The number of imidazole rings is 1. The van der Waals surface area contributed by atoms with Crippen molar-refractivity contribution in [2.45, 2.75) is 37.2 Å². The highest BCUT2D eigenvalue weighted by molar-refractivity contribution is 7.98. The summed E-state index contributed by atoms with van der Waals surface area (Å²) < 4.78 is 15.3. The highest BCUT2D eigenvalue weighted by Gasteiger charge is 2.13. The summed E-state index contributed by atoms with van der Waals surface area (Å²) in [5, 5.41) is 3.79. The molecule has 0 saturated carbocycles. The number of amides is 1. The Morgan fingerprint density at radius 2 is 1.81 bits per heavy atom. The first-order chi connectivity index (χ1) is 15.6. The molecule has 0 aliphatic rings. The fraction of sp³-hybridized carbons (Fsp3) is 0.240. The summed E-state index contributed by atoms with van der Waals surface area (Å²) >= 11 is 1.60. The van der Waals surface area contributed by atoms with Crippen molar-refractivity contribution in [1.82, 2.24) is 19.9 Å². The van der Waals surface area contributed by atoms with Gasteiger partial charge in [-0.2, -0.15) is 0 Å². The SMILES string of the molecule is CCCCNC(=O)c1ccc(Cn2c(SCc3ccc(F)cc3)nc3cccnc32)cc1. The zero-order chi connectivity index (χ0) is 22.3. The Balaban J connectivity index is 1.52. The molecule has 0 bridgehead atoms. The molecule has 32 heavy (non-hydrogen) atoms. The minimum Gasteiger partial charge on any atom is -0.352 e. The van der Waals surface area contributed by atoms with Gasteiger partial charge in [-0.25, -0.2) is 14.4 Å². The van der Waals surface area contributed by atoms with E-state index in [-0.39, 0.29) is 11.7 Å². The molecule has 0 unspecified atom stereocenters. The van der Waals surface area contributed by atoms with Gasteiger partial charge in [-0.15, -0.1) is 0 Å². The van der Waals surface area contributed by atoms with Crippen LogP contribution in [0, 0.1) is 5.82 Å². The number of hydrogen-bond donors (Lipinski definition) is 1. The smallest absolute Gasteiger partial charge is 0.251 e. The van der Waals surface area contributed by atoms with Gasteiger partial charge in [0.15, 0.2) is 10.8 Å². The van der Waals surface area contributed by atoms with Crippen molar-refractivity contribution in [2.75, 3.05) is 6.54 Å². The molecule has 4 aromatic rings. The van der Waals surface area contributed by atoms with Gasteiger partial charge >= 0.3 is 0 Å². The number of unbranched alkanes of at least 4 members (excludes halogenated alkanes) is 1. The van der Waals surface area contributed by atoms with Crippen LogP contribution in [0.1, 0.15) is 41.3 Å². The fourth-order valence-electron chi connectivity index (χ4n) is 3.34. The number of rotatable bonds is 9. The molecular formula is C25H25FN4OS. The third-order valence-electron chi connectivity index (χ3n) is 5.12.